The van der Waals surface area contributed by atoms with Crippen LogP contribution in [0.3, 0.4) is 0 Å². The Labute approximate surface area is 135 Å². The Morgan fingerprint density at radius 3 is 2.48 bits per heavy atom. The summed E-state index contributed by atoms with van der Waals surface area (Å²) < 4.78 is 0.736. The van der Waals surface area contributed by atoms with Crippen LogP contribution in [0.1, 0.15) is 47.4 Å². The summed E-state index contributed by atoms with van der Waals surface area (Å²) >= 11 is 3.43. The zero-order valence-corrected chi connectivity index (χ0v) is 15.3. The predicted molar refractivity (Wildman–Crippen MR) is 89.6 cm³/mol. The fraction of sp³-hybridized carbons (Fsp3) is 0.667. The van der Waals surface area contributed by atoms with E-state index < -0.39 is 0 Å². The predicted octanol–water partition coefficient (Wildman–Crippen LogP) is 2.89. The molecule has 1 N–H and O–H groups in total. The van der Waals surface area contributed by atoms with Crippen molar-refractivity contribution in [1.82, 2.24) is 15.3 Å². The molecule has 1 heterocycles. The van der Waals surface area contributed by atoms with E-state index in [1.54, 1.807) is 0 Å². The van der Waals surface area contributed by atoms with Gasteiger partial charge in [0.1, 0.15) is 16.2 Å². The fourth-order valence-corrected chi connectivity index (χ4v) is 2.17. The van der Waals surface area contributed by atoms with Gasteiger partial charge in [-0.25, -0.2) is 9.97 Å². The molecule has 0 atom stereocenters. The first kappa shape index (κ1) is 17.9. The number of rotatable bonds is 5. The van der Waals surface area contributed by atoms with Crippen molar-refractivity contribution < 1.29 is 4.79 Å². The van der Waals surface area contributed by atoms with E-state index in [9.17, 15) is 4.79 Å². The Kier molecular flexibility index (Phi) is 6.13. The highest BCUT2D eigenvalue weighted by molar-refractivity contribution is 9.10. The van der Waals surface area contributed by atoms with Crippen molar-refractivity contribution in [3.63, 3.8) is 0 Å². The van der Waals surface area contributed by atoms with Crippen molar-refractivity contribution in [2.24, 2.45) is 0 Å². The molecule has 1 aromatic heterocycles. The molecule has 0 fully saturated rings. The number of hydrogen-bond acceptors (Lipinski definition) is 4. The normalized spacial score (nSPS) is 11.6. The summed E-state index contributed by atoms with van der Waals surface area (Å²) in [5.41, 5.74) is -0.141. The van der Waals surface area contributed by atoms with E-state index in [2.05, 4.69) is 52.0 Å². The highest BCUT2D eigenvalue weighted by Gasteiger charge is 2.21. The number of amides is 1. The van der Waals surface area contributed by atoms with Crippen molar-refractivity contribution in [2.45, 2.75) is 53.0 Å². The van der Waals surface area contributed by atoms with Gasteiger partial charge in [-0.3, -0.25) is 4.79 Å². The molecule has 0 saturated heterocycles. The molecule has 1 aromatic rings. The summed E-state index contributed by atoms with van der Waals surface area (Å²) in [4.78, 5) is 22.9. The van der Waals surface area contributed by atoms with E-state index in [-0.39, 0.29) is 17.4 Å². The Morgan fingerprint density at radius 2 is 2.00 bits per heavy atom. The van der Waals surface area contributed by atoms with Gasteiger partial charge < -0.3 is 10.2 Å². The highest BCUT2D eigenvalue weighted by Crippen LogP contribution is 2.24. The number of halogens is 1. The molecule has 6 heteroatoms. The van der Waals surface area contributed by atoms with E-state index in [0.29, 0.717) is 13.1 Å². The van der Waals surface area contributed by atoms with Gasteiger partial charge in [0, 0.05) is 24.1 Å². The molecule has 1 rings (SSSR count). The Balaban J connectivity index is 3.00. The lowest BCUT2D eigenvalue weighted by Crippen LogP contribution is -2.40. The smallest absolute Gasteiger partial charge is 0.239 e. The molecule has 0 radical (unpaired) electrons. The summed E-state index contributed by atoms with van der Waals surface area (Å²) in [6.07, 6.45) is 0. The van der Waals surface area contributed by atoms with E-state index in [4.69, 9.17) is 0 Å². The fourth-order valence-electron chi connectivity index (χ4n) is 1.80. The largest absolute Gasteiger partial charge is 0.352 e. The van der Waals surface area contributed by atoms with Crippen LogP contribution in [0.2, 0.25) is 0 Å². The molecular weight excluding hydrogens is 332 g/mol. The van der Waals surface area contributed by atoms with Gasteiger partial charge in [-0.2, -0.15) is 0 Å². The molecule has 0 saturated carbocycles. The first-order valence-corrected chi connectivity index (χ1v) is 8.02. The Morgan fingerprint density at radius 1 is 1.38 bits per heavy atom. The second-order valence-corrected chi connectivity index (χ2v) is 7.17. The maximum Gasteiger partial charge on any atom is 0.239 e. The molecule has 0 aliphatic heterocycles. The minimum atomic E-state index is -0.141. The molecule has 118 valence electrons. The van der Waals surface area contributed by atoms with Crippen molar-refractivity contribution in [1.29, 1.82) is 0 Å². The van der Waals surface area contributed by atoms with Crippen LogP contribution >= 0.6 is 15.9 Å². The number of likely N-dealkylation sites (N-methyl/N-ethyl adjacent to an activating group) is 1. The third-order valence-electron chi connectivity index (χ3n) is 2.84. The number of nitrogens with one attached hydrogen (secondary N) is 1. The standard InChI is InChI=1S/C15H25BrN4O/c1-7-20(9-13(21)17-10(2)3)12-8-11(16)18-14(19-12)15(4,5)6/h8,10H,7,9H2,1-6H3,(H,17,21). The van der Waals surface area contributed by atoms with Gasteiger partial charge in [-0.15, -0.1) is 0 Å². The van der Waals surface area contributed by atoms with Gasteiger partial charge in [0.05, 0.1) is 6.54 Å². The second-order valence-electron chi connectivity index (χ2n) is 6.36. The molecule has 0 aliphatic rings. The molecule has 0 aromatic carbocycles. The summed E-state index contributed by atoms with van der Waals surface area (Å²) in [6.45, 7) is 13.1. The van der Waals surface area contributed by atoms with Crippen molar-refractivity contribution >= 4 is 27.7 Å². The maximum atomic E-state index is 12.0. The molecule has 0 spiro atoms. The van der Waals surface area contributed by atoms with Crippen LogP contribution in [0.5, 0.6) is 0 Å². The summed E-state index contributed by atoms with van der Waals surface area (Å²) in [7, 11) is 0. The van der Waals surface area contributed by atoms with Crippen LogP contribution in [0.25, 0.3) is 0 Å². The quantitative estimate of drug-likeness (QED) is 0.824. The van der Waals surface area contributed by atoms with Gasteiger partial charge in [0.2, 0.25) is 5.91 Å². The van der Waals surface area contributed by atoms with Gasteiger partial charge in [0.25, 0.3) is 0 Å². The Bertz CT molecular complexity index is 497. The number of aromatic nitrogens is 2. The highest BCUT2D eigenvalue weighted by atomic mass is 79.9. The summed E-state index contributed by atoms with van der Waals surface area (Å²) in [6, 6.07) is 1.99. The van der Waals surface area contributed by atoms with Crippen LogP contribution in [0.4, 0.5) is 5.82 Å². The van der Waals surface area contributed by atoms with Crippen LogP contribution < -0.4 is 10.2 Å². The number of nitrogens with zero attached hydrogens (tertiary/aromatic N) is 3. The van der Waals surface area contributed by atoms with Gasteiger partial charge >= 0.3 is 0 Å². The number of hydrogen-bond donors (Lipinski definition) is 1. The number of carbonyl (C=O) groups excluding carboxylic acids is 1. The van der Waals surface area contributed by atoms with Crippen molar-refractivity contribution in [2.75, 3.05) is 18.0 Å². The minimum absolute atomic E-state index is 0.00102. The topological polar surface area (TPSA) is 58.1 Å². The van der Waals surface area contributed by atoms with Gasteiger partial charge in [-0.1, -0.05) is 20.8 Å². The van der Waals surface area contributed by atoms with E-state index >= 15 is 0 Å². The third-order valence-corrected chi connectivity index (χ3v) is 3.25. The monoisotopic (exact) mass is 356 g/mol. The van der Waals surface area contributed by atoms with Crippen LogP contribution in [0, 0.1) is 0 Å². The molecular formula is C15H25BrN4O. The van der Waals surface area contributed by atoms with Crippen LogP contribution in [-0.4, -0.2) is 35.0 Å². The average Bonchev–Trinajstić information content (AvgIpc) is 2.33. The SMILES string of the molecule is CCN(CC(=O)NC(C)C)c1cc(Br)nc(C(C)(C)C)n1. The van der Waals surface area contributed by atoms with Crippen LogP contribution in [0.15, 0.2) is 10.7 Å². The summed E-state index contributed by atoms with van der Waals surface area (Å²) in [5.74, 6) is 1.52. The third kappa shape index (κ3) is 5.61. The minimum Gasteiger partial charge on any atom is -0.352 e. The maximum absolute atomic E-state index is 12.0. The molecule has 0 bridgehead atoms. The van der Waals surface area contributed by atoms with Crippen molar-refractivity contribution in [3.05, 3.63) is 16.5 Å². The molecule has 0 aliphatic carbocycles. The zero-order chi connectivity index (χ0) is 16.2. The number of carbonyl (C=O) groups is 1. The van der Waals surface area contributed by atoms with E-state index in [1.165, 1.54) is 0 Å². The number of anilines is 1. The first-order chi connectivity index (χ1) is 9.63. The Hall–Kier alpha value is -1.17. The van der Waals surface area contributed by atoms with E-state index in [0.717, 1.165) is 16.2 Å². The molecule has 0 unspecified atom stereocenters. The summed E-state index contributed by atoms with van der Waals surface area (Å²) in [5, 5.41) is 2.90. The lowest BCUT2D eigenvalue weighted by Gasteiger charge is -2.24. The van der Waals surface area contributed by atoms with Gasteiger partial charge in [0.15, 0.2) is 0 Å². The zero-order valence-electron chi connectivity index (χ0n) is 13.7. The molecule has 1 amide bonds. The lowest BCUT2D eigenvalue weighted by atomic mass is 9.96. The molecule has 21 heavy (non-hydrogen) atoms. The first-order valence-electron chi connectivity index (χ1n) is 7.22. The average molecular weight is 357 g/mol. The lowest BCUT2D eigenvalue weighted by molar-refractivity contribution is -0.120. The van der Waals surface area contributed by atoms with E-state index in [1.807, 2.05) is 31.7 Å². The van der Waals surface area contributed by atoms with Crippen molar-refractivity contribution in [3.8, 4) is 0 Å². The van der Waals surface area contributed by atoms with Gasteiger partial charge in [-0.05, 0) is 36.7 Å². The molecule has 5 nitrogen and oxygen atoms in total. The van der Waals surface area contributed by atoms with Crippen LogP contribution in [-0.2, 0) is 10.2 Å². The second kappa shape index (κ2) is 7.20.